The number of rotatable bonds is 3. The highest BCUT2D eigenvalue weighted by Gasteiger charge is 2.23. The van der Waals surface area contributed by atoms with Crippen molar-refractivity contribution in [2.75, 3.05) is 7.11 Å². The number of hydrogen-bond acceptors (Lipinski definition) is 2. The Morgan fingerprint density at radius 3 is 2.48 bits per heavy atom. The molecular weight excluding hydrogens is 423 g/mol. The second kappa shape index (κ2) is 7.86. The highest BCUT2D eigenvalue weighted by Crippen LogP contribution is 2.41. The number of nitrogens with zero attached hydrogens (tertiary/aromatic N) is 2. The topological polar surface area (TPSA) is 27.1 Å². The molecule has 162 valence electrons. The van der Waals surface area contributed by atoms with E-state index in [1.54, 1.807) is 7.11 Å². The van der Waals surface area contributed by atoms with Crippen LogP contribution in [0.3, 0.4) is 0 Å². The summed E-state index contributed by atoms with van der Waals surface area (Å²) in [6.45, 7) is 3.22. The summed E-state index contributed by atoms with van der Waals surface area (Å²) in [5, 5.41) is 2.27. The van der Waals surface area contributed by atoms with Gasteiger partial charge in [-0.2, -0.15) is 0 Å². The summed E-state index contributed by atoms with van der Waals surface area (Å²) < 4.78 is 8.03. The zero-order valence-corrected chi connectivity index (χ0v) is 20.0. The van der Waals surface area contributed by atoms with Gasteiger partial charge in [-0.3, -0.25) is 0 Å². The maximum atomic E-state index is 5.57. The maximum Gasteiger partial charge on any atom is 0.126 e. The summed E-state index contributed by atoms with van der Waals surface area (Å²) in [5.41, 5.74) is 10.9. The number of fused-ring (bicyclic) bond motifs is 4. The van der Waals surface area contributed by atoms with E-state index in [1.807, 2.05) is 6.07 Å². The predicted molar refractivity (Wildman–Crippen MR) is 140 cm³/mol. The Balaban J connectivity index is 1.59. The van der Waals surface area contributed by atoms with Crippen molar-refractivity contribution in [3.05, 3.63) is 90.1 Å². The Morgan fingerprint density at radius 2 is 1.67 bits per heavy atom. The minimum atomic E-state index is 0.934. The van der Waals surface area contributed by atoms with Crippen LogP contribution in [-0.2, 0) is 13.0 Å². The summed E-state index contributed by atoms with van der Waals surface area (Å²) in [6, 6.07) is 27.9. The number of ether oxygens (including phenoxy) is 1. The number of benzene rings is 3. The van der Waals surface area contributed by atoms with E-state index in [1.165, 1.54) is 39.0 Å². The zero-order chi connectivity index (χ0) is 22.5. The zero-order valence-electron chi connectivity index (χ0n) is 18.8. The minimum absolute atomic E-state index is 0.934. The Morgan fingerprint density at radius 1 is 0.879 bits per heavy atom. The van der Waals surface area contributed by atoms with Crippen molar-refractivity contribution in [1.29, 1.82) is 0 Å². The van der Waals surface area contributed by atoms with Gasteiger partial charge < -0.3 is 9.30 Å². The molecule has 0 amide bonds. The number of methoxy groups -OCH3 is 1. The van der Waals surface area contributed by atoms with Gasteiger partial charge in [-0.15, -0.1) is 9.24 Å². The number of aryl methyl sites for hydroxylation is 1. The van der Waals surface area contributed by atoms with Crippen molar-refractivity contribution in [1.82, 2.24) is 9.55 Å². The largest absolute Gasteiger partial charge is 0.496 e. The fraction of sp³-hybridized carbons (Fsp3) is 0.138. The lowest BCUT2D eigenvalue weighted by Gasteiger charge is -2.22. The van der Waals surface area contributed by atoms with Gasteiger partial charge in [0.25, 0.3) is 0 Å². The molecule has 1 unspecified atom stereocenters. The van der Waals surface area contributed by atoms with Crippen molar-refractivity contribution in [2.45, 2.75) is 19.9 Å². The average molecular weight is 449 g/mol. The summed E-state index contributed by atoms with van der Waals surface area (Å²) in [7, 11) is 4.55. The van der Waals surface area contributed by atoms with Gasteiger partial charge in [0.05, 0.1) is 18.3 Å². The predicted octanol–water partition coefficient (Wildman–Crippen LogP) is 6.41. The van der Waals surface area contributed by atoms with Crippen LogP contribution in [0.25, 0.3) is 44.5 Å². The van der Waals surface area contributed by atoms with Crippen molar-refractivity contribution in [2.24, 2.45) is 0 Å². The molecule has 0 fully saturated rings. The van der Waals surface area contributed by atoms with Gasteiger partial charge in [0, 0.05) is 45.3 Å². The fourth-order valence-electron chi connectivity index (χ4n) is 5.08. The molecule has 5 aromatic rings. The number of hydrogen-bond donors (Lipinski definition) is 0. The lowest BCUT2D eigenvalue weighted by Crippen LogP contribution is -2.14. The van der Waals surface area contributed by atoms with E-state index in [0.717, 1.165) is 40.8 Å². The molecule has 4 heteroatoms. The highest BCUT2D eigenvalue weighted by molar-refractivity contribution is 7.27. The van der Waals surface area contributed by atoms with Crippen LogP contribution < -0.4 is 10.0 Å². The Kier molecular flexibility index (Phi) is 4.81. The standard InChI is InChI=1S/C29H25N2OP/c1-18-22(16-27-23-17-29(33)28(32-2)14-20(23)12-13-31(18)27)24-15-26(19-8-4-3-5-9-19)30-25-11-7-6-10-21(24)25/h3-11,14-17H,12-13,33H2,1-2H3. The molecule has 0 N–H and O–H groups in total. The molecule has 0 saturated carbocycles. The van der Waals surface area contributed by atoms with Crippen molar-refractivity contribution >= 4 is 25.4 Å². The van der Waals surface area contributed by atoms with Gasteiger partial charge >= 0.3 is 0 Å². The van der Waals surface area contributed by atoms with E-state index in [-0.39, 0.29) is 0 Å². The van der Waals surface area contributed by atoms with Crippen molar-refractivity contribution in [3.8, 4) is 39.4 Å². The minimum Gasteiger partial charge on any atom is -0.496 e. The van der Waals surface area contributed by atoms with Gasteiger partial charge in [-0.25, -0.2) is 4.98 Å². The number of aromatic nitrogens is 2. The van der Waals surface area contributed by atoms with E-state index in [2.05, 4.69) is 93.5 Å². The van der Waals surface area contributed by atoms with E-state index >= 15 is 0 Å². The van der Waals surface area contributed by atoms with Crippen LogP contribution in [-0.4, -0.2) is 16.7 Å². The van der Waals surface area contributed by atoms with Crippen LogP contribution in [0, 0.1) is 6.92 Å². The normalized spacial score (nSPS) is 12.5. The quantitative estimate of drug-likeness (QED) is 0.298. The first-order valence-electron chi connectivity index (χ1n) is 11.3. The fourth-order valence-corrected chi connectivity index (χ4v) is 5.44. The van der Waals surface area contributed by atoms with Crippen molar-refractivity contribution in [3.63, 3.8) is 0 Å². The number of pyridine rings is 1. The summed E-state index contributed by atoms with van der Waals surface area (Å²) in [5.74, 6) is 0.934. The Hall–Kier alpha value is -3.42. The van der Waals surface area contributed by atoms with Crippen LogP contribution in [0.5, 0.6) is 5.75 Å². The molecule has 33 heavy (non-hydrogen) atoms. The first kappa shape index (κ1) is 20.2. The lowest BCUT2D eigenvalue weighted by molar-refractivity contribution is 0.417. The van der Waals surface area contributed by atoms with Gasteiger partial charge in [0.2, 0.25) is 0 Å². The maximum absolute atomic E-state index is 5.57. The summed E-state index contributed by atoms with van der Waals surface area (Å²) >= 11 is 0. The first-order chi connectivity index (χ1) is 16.1. The molecule has 1 atom stereocenters. The molecule has 2 aromatic heterocycles. The van der Waals surface area contributed by atoms with Crippen LogP contribution in [0.15, 0.2) is 78.9 Å². The average Bonchev–Trinajstić information content (AvgIpc) is 3.20. The van der Waals surface area contributed by atoms with Crippen LogP contribution in [0.4, 0.5) is 0 Å². The third-order valence-corrected chi connectivity index (χ3v) is 7.23. The Labute approximate surface area is 196 Å². The monoisotopic (exact) mass is 448 g/mol. The third-order valence-electron chi connectivity index (χ3n) is 6.78. The highest BCUT2D eigenvalue weighted by atomic mass is 31.0. The third kappa shape index (κ3) is 3.27. The Bertz CT molecular complexity index is 1520. The molecule has 0 radical (unpaired) electrons. The van der Waals surface area contributed by atoms with Gasteiger partial charge in [0.1, 0.15) is 5.75 Å². The second-order valence-corrected chi connectivity index (χ2v) is 9.24. The van der Waals surface area contributed by atoms with Gasteiger partial charge in [-0.05, 0) is 54.8 Å². The number of para-hydroxylation sites is 1. The van der Waals surface area contributed by atoms with Gasteiger partial charge in [0.15, 0.2) is 0 Å². The van der Waals surface area contributed by atoms with E-state index in [9.17, 15) is 0 Å². The molecule has 0 aliphatic carbocycles. The molecule has 0 spiro atoms. The molecule has 0 saturated heterocycles. The molecule has 3 heterocycles. The summed E-state index contributed by atoms with van der Waals surface area (Å²) in [6.07, 6.45) is 1.00. The van der Waals surface area contributed by atoms with Crippen LogP contribution in [0.1, 0.15) is 11.3 Å². The molecule has 0 bridgehead atoms. The van der Waals surface area contributed by atoms with Crippen LogP contribution >= 0.6 is 9.24 Å². The second-order valence-electron chi connectivity index (χ2n) is 8.62. The van der Waals surface area contributed by atoms with Crippen molar-refractivity contribution < 1.29 is 4.74 Å². The van der Waals surface area contributed by atoms with E-state index in [0.29, 0.717) is 0 Å². The summed E-state index contributed by atoms with van der Waals surface area (Å²) in [4.78, 5) is 4.99. The van der Waals surface area contributed by atoms with Gasteiger partial charge in [-0.1, -0.05) is 48.5 Å². The SMILES string of the molecule is COc1cc2c(cc1P)-c1cc(-c3cc(-c4ccccc4)nc4ccccc34)c(C)n1CC2. The van der Waals surface area contributed by atoms with E-state index in [4.69, 9.17) is 9.72 Å². The van der Waals surface area contributed by atoms with Crippen LogP contribution in [0.2, 0.25) is 0 Å². The smallest absolute Gasteiger partial charge is 0.126 e. The van der Waals surface area contributed by atoms with E-state index < -0.39 is 0 Å². The molecule has 3 nitrogen and oxygen atoms in total. The molecule has 1 aliphatic rings. The first-order valence-corrected chi connectivity index (χ1v) is 11.8. The molecule has 3 aromatic carbocycles. The lowest BCUT2D eigenvalue weighted by atomic mass is 9.96. The molecular formula is C29H25N2OP. The molecule has 1 aliphatic heterocycles. The molecule has 6 rings (SSSR count).